The summed E-state index contributed by atoms with van der Waals surface area (Å²) < 4.78 is 0. The van der Waals surface area contributed by atoms with Crippen molar-refractivity contribution in [2.75, 3.05) is 17.2 Å². The predicted octanol–water partition coefficient (Wildman–Crippen LogP) is 3.08. The van der Waals surface area contributed by atoms with Crippen molar-refractivity contribution in [2.45, 2.75) is 38.5 Å². The zero-order chi connectivity index (χ0) is 14.8. The van der Waals surface area contributed by atoms with Gasteiger partial charge in [0, 0.05) is 24.7 Å². The van der Waals surface area contributed by atoms with Crippen LogP contribution in [0.1, 0.15) is 37.7 Å². The van der Waals surface area contributed by atoms with E-state index in [1.807, 2.05) is 0 Å². The van der Waals surface area contributed by atoms with Gasteiger partial charge in [0.2, 0.25) is 5.91 Å². The zero-order valence-electron chi connectivity index (χ0n) is 11.9. The molecule has 0 radical (unpaired) electrons. The second kappa shape index (κ2) is 5.71. The molecule has 0 aromatic heterocycles. The minimum absolute atomic E-state index is 0.0295. The van der Waals surface area contributed by atoms with Gasteiger partial charge >= 0.3 is 0 Å². The monoisotopic (exact) mass is 289 g/mol. The van der Waals surface area contributed by atoms with Crippen molar-refractivity contribution < 1.29 is 9.72 Å². The number of nitro groups is 1. The van der Waals surface area contributed by atoms with Crippen molar-refractivity contribution in [1.82, 2.24) is 0 Å². The molecular weight excluding hydrogens is 270 g/mol. The number of nitrogens with one attached hydrogen (secondary N) is 2. The van der Waals surface area contributed by atoms with Crippen molar-refractivity contribution in [1.29, 1.82) is 0 Å². The molecular formula is C15H19N3O3. The van der Waals surface area contributed by atoms with E-state index < -0.39 is 0 Å². The quantitative estimate of drug-likeness (QED) is 0.659. The largest absolute Gasteiger partial charge is 0.379 e. The van der Waals surface area contributed by atoms with Crippen LogP contribution in [0.5, 0.6) is 0 Å². The third kappa shape index (κ3) is 2.99. The van der Waals surface area contributed by atoms with Gasteiger partial charge in [-0.3, -0.25) is 14.9 Å². The summed E-state index contributed by atoms with van der Waals surface area (Å²) in [4.78, 5) is 22.4. The second-order valence-electron chi connectivity index (χ2n) is 5.86. The molecule has 0 atom stereocenters. The lowest BCUT2D eigenvalue weighted by Crippen LogP contribution is -2.20. The molecule has 2 N–H and O–H groups in total. The average molecular weight is 289 g/mol. The first kappa shape index (κ1) is 13.9. The summed E-state index contributed by atoms with van der Waals surface area (Å²) in [6.45, 7) is 0.758. The number of fused-ring (bicyclic) bond motifs is 1. The first-order valence-corrected chi connectivity index (χ1v) is 7.48. The van der Waals surface area contributed by atoms with Crippen LogP contribution in [-0.4, -0.2) is 17.4 Å². The fraction of sp³-hybridized carbons (Fsp3) is 0.533. The fourth-order valence-corrected chi connectivity index (χ4v) is 3.18. The van der Waals surface area contributed by atoms with Crippen molar-refractivity contribution in [2.24, 2.45) is 5.92 Å². The van der Waals surface area contributed by atoms with E-state index in [1.54, 1.807) is 12.1 Å². The molecule has 3 rings (SSSR count). The molecule has 6 nitrogen and oxygen atoms in total. The molecule has 0 unspecified atom stereocenters. The smallest absolute Gasteiger partial charge is 0.292 e. The van der Waals surface area contributed by atoms with Gasteiger partial charge < -0.3 is 10.6 Å². The Kier molecular flexibility index (Phi) is 3.77. The first-order valence-electron chi connectivity index (χ1n) is 7.48. The molecule has 0 bridgehead atoms. The number of amides is 1. The highest BCUT2D eigenvalue weighted by atomic mass is 16.6. The summed E-state index contributed by atoms with van der Waals surface area (Å²) in [5.74, 6) is 0.563. The van der Waals surface area contributed by atoms with Crippen molar-refractivity contribution in [3.8, 4) is 0 Å². The van der Waals surface area contributed by atoms with Crippen molar-refractivity contribution >= 4 is 23.0 Å². The lowest BCUT2D eigenvalue weighted by atomic mass is 10.0. The molecule has 112 valence electrons. The molecule has 1 saturated carbocycles. The number of aryl methyl sites for hydroxylation is 1. The normalized spacial score (nSPS) is 18.2. The molecule has 1 aliphatic carbocycles. The van der Waals surface area contributed by atoms with Crippen LogP contribution >= 0.6 is 0 Å². The zero-order valence-corrected chi connectivity index (χ0v) is 11.9. The van der Waals surface area contributed by atoms with Gasteiger partial charge in [0.15, 0.2) is 0 Å². The Morgan fingerprint density at radius 2 is 2.05 bits per heavy atom. The number of anilines is 2. The van der Waals surface area contributed by atoms with E-state index >= 15 is 0 Å². The Labute approximate surface area is 123 Å². The Hall–Kier alpha value is -2.11. The Morgan fingerprint density at radius 1 is 1.29 bits per heavy atom. The Morgan fingerprint density at radius 3 is 2.76 bits per heavy atom. The number of hydrogen-bond acceptors (Lipinski definition) is 4. The van der Waals surface area contributed by atoms with Gasteiger partial charge in [-0.05, 0) is 36.8 Å². The number of carbonyl (C=O) groups excluding carboxylic acids is 1. The number of carbonyl (C=O) groups is 1. The summed E-state index contributed by atoms with van der Waals surface area (Å²) in [5.41, 5.74) is 2.15. The highest BCUT2D eigenvalue weighted by Gasteiger charge is 2.23. The van der Waals surface area contributed by atoms with E-state index in [2.05, 4.69) is 10.6 Å². The third-order valence-corrected chi connectivity index (χ3v) is 4.37. The van der Waals surface area contributed by atoms with Crippen LogP contribution in [0.4, 0.5) is 17.1 Å². The number of nitro benzene ring substituents is 1. The van der Waals surface area contributed by atoms with Gasteiger partial charge in [-0.2, -0.15) is 0 Å². The lowest BCUT2D eigenvalue weighted by molar-refractivity contribution is -0.384. The maximum Gasteiger partial charge on any atom is 0.292 e. The maximum atomic E-state index is 11.5. The molecule has 0 saturated heterocycles. The minimum Gasteiger partial charge on any atom is -0.379 e. The summed E-state index contributed by atoms with van der Waals surface area (Å²) in [6, 6.07) is 3.30. The van der Waals surface area contributed by atoms with E-state index in [9.17, 15) is 14.9 Å². The number of rotatable bonds is 4. The van der Waals surface area contributed by atoms with E-state index in [1.165, 1.54) is 25.7 Å². The molecule has 1 aromatic rings. The van der Waals surface area contributed by atoms with E-state index in [0.29, 0.717) is 30.1 Å². The molecule has 1 amide bonds. The number of hydrogen-bond donors (Lipinski definition) is 2. The van der Waals surface area contributed by atoms with E-state index in [4.69, 9.17) is 0 Å². The van der Waals surface area contributed by atoms with Crippen molar-refractivity contribution in [3.05, 3.63) is 27.8 Å². The molecule has 21 heavy (non-hydrogen) atoms. The SMILES string of the molecule is O=C1CCc2cc([N+](=O)[O-])c(NCC3CCCC3)cc2N1. The second-order valence-corrected chi connectivity index (χ2v) is 5.86. The van der Waals surface area contributed by atoms with Gasteiger partial charge in [0.1, 0.15) is 5.69 Å². The Balaban J connectivity index is 1.84. The molecule has 1 heterocycles. The van der Waals surface area contributed by atoms with Gasteiger partial charge in [0.05, 0.1) is 4.92 Å². The van der Waals surface area contributed by atoms with Crippen LogP contribution in [0.3, 0.4) is 0 Å². The summed E-state index contributed by atoms with van der Waals surface area (Å²) in [6.07, 6.45) is 5.80. The summed E-state index contributed by atoms with van der Waals surface area (Å²) >= 11 is 0. The third-order valence-electron chi connectivity index (χ3n) is 4.37. The van der Waals surface area contributed by atoms with E-state index in [-0.39, 0.29) is 16.5 Å². The van der Waals surface area contributed by atoms with Gasteiger partial charge in [-0.1, -0.05) is 12.8 Å². The standard InChI is InChI=1S/C15H19N3O3/c19-15-6-5-11-7-14(18(20)21)13(8-12(11)17-15)16-9-10-3-1-2-4-10/h7-8,10,16H,1-6,9H2,(H,17,19). The van der Waals surface area contributed by atoms with Crippen LogP contribution in [0, 0.1) is 16.0 Å². The highest BCUT2D eigenvalue weighted by molar-refractivity contribution is 5.95. The molecule has 0 spiro atoms. The topological polar surface area (TPSA) is 84.3 Å². The maximum absolute atomic E-state index is 11.5. The lowest BCUT2D eigenvalue weighted by Gasteiger charge is -2.19. The predicted molar refractivity (Wildman–Crippen MR) is 80.5 cm³/mol. The fourth-order valence-electron chi connectivity index (χ4n) is 3.18. The first-order chi connectivity index (χ1) is 10.1. The van der Waals surface area contributed by atoms with Crippen LogP contribution in [-0.2, 0) is 11.2 Å². The van der Waals surface area contributed by atoms with Crippen LogP contribution in [0.25, 0.3) is 0 Å². The van der Waals surface area contributed by atoms with Gasteiger partial charge in [-0.15, -0.1) is 0 Å². The highest BCUT2D eigenvalue weighted by Crippen LogP contribution is 2.35. The van der Waals surface area contributed by atoms with E-state index in [0.717, 1.165) is 12.1 Å². The molecule has 1 aliphatic heterocycles. The molecule has 1 aromatic carbocycles. The van der Waals surface area contributed by atoms with Crippen molar-refractivity contribution in [3.63, 3.8) is 0 Å². The molecule has 2 aliphatic rings. The van der Waals surface area contributed by atoms with Crippen LogP contribution in [0.2, 0.25) is 0 Å². The number of benzene rings is 1. The average Bonchev–Trinajstić information content (AvgIpc) is 2.97. The van der Waals surface area contributed by atoms with Crippen LogP contribution < -0.4 is 10.6 Å². The molecule has 6 heteroatoms. The summed E-state index contributed by atoms with van der Waals surface area (Å²) in [5, 5.41) is 17.2. The molecule has 1 fully saturated rings. The van der Waals surface area contributed by atoms with Gasteiger partial charge in [-0.25, -0.2) is 0 Å². The van der Waals surface area contributed by atoms with Crippen LogP contribution in [0.15, 0.2) is 12.1 Å². The number of nitrogens with zero attached hydrogens (tertiary/aromatic N) is 1. The van der Waals surface area contributed by atoms with Gasteiger partial charge in [0.25, 0.3) is 5.69 Å². The Bertz CT molecular complexity index is 580. The summed E-state index contributed by atoms with van der Waals surface area (Å²) in [7, 11) is 0. The minimum atomic E-state index is -0.353.